The fourth-order valence-corrected chi connectivity index (χ4v) is 8.96. The Morgan fingerprint density at radius 2 is 1.47 bits per heavy atom. The summed E-state index contributed by atoms with van der Waals surface area (Å²) in [6.45, 7) is 7.16. The van der Waals surface area contributed by atoms with Crippen molar-refractivity contribution in [2.75, 3.05) is 26.2 Å². The van der Waals surface area contributed by atoms with Gasteiger partial charge in [0, 0.05) is 32.2 Å². The van der Waals surface area contributed by atoms with Crippen LogP contribution in [-0.4, -0.2) is 45.5 Å². The average molecular weight is 445 g/mol. The van der Waals surface area contributed by atoms with E-state index in [-0.39, 0.29) is 0 Å². The van der Waals surface area contributed by atoms with Crippen LogP contribution in [0.4, 0.5) is 0 Å². The first-order valence-electron chi connectivity index (χ1n) is 12.0. The van der Waals surface area contributed by atoms with Gasteiger partial charge in [-0.3, -0.25) is 4.90 Å². The molecule has 1 aliphatic rings. The van der Waals surface area contributed by atoms with Gasteiger partial charge in [0.2, 0.25) is 0 Å². The van der Waals surface area contributed by atoms with E-state index in [1.165, 1.54) is 28.8 Å². The summed E-state index contributed by atoms with van der Waals surface area (Å²) in [5.74, 6) is 0. The van der Waals surface area contributed by atoms with Gasteiger partial charge in [0.05, 0.1) is 6.61 Å². The maximum Gasteiger partial charge on any atom is 0.255 e. The predicted octanol–water partition coefficient (Wildman–Crippen LogP) is 4.04. The molecule has 3 aromatic carbocycles. The smallest absolute Gasteiger partial charge is 0.255 e. The maximum absolute atomic E-state index is 7.09. The van der Waals surface area contributed by atoms with Crippen LogP contribution in [-0.2, 0) is 11.0 Å². The number of rotatable bonds is 10. The van der Waals surface area contributed by atoms with Crippen LogP contribution in [0, 0.1) is 0 Å². The molecule has 1 N–H and O–H groups in total. The van der Waals surface area contributed by atoms with Crippen LogP contribution in [0.2, 0.25) is 6.04 Å². The third-order valence-electron chi connectivity index (χ3n) is 6.48. The second kappa shape index (κ2) is 11.6. The molecule has 0 radical (unpaired) electrons. The molecule has 0 aromatic heterocycles. The van der Waals surface area contributed by atoms with Crippen molar-refractivity contribution in [1.82, 2.24) is 10.2 Å². The van der Waals surface area contributed by atoms with Gasteiger partial charge < -0.3 is 9.74 Å². The maximum atomic E-state index is 7.09. The highest BCUT2D eigenvalue weighted by atomic mass is 28.4. The molecule has 1 saturated heterocycles. The van der Waals surface area contributed by atoms with Crippen molar-refractivity contribution >= 4 is 18.7 Å². The number of unbranched alkanes of at least 4 members (excludes halogenated alkanes) is 1. The van der Waals surface area contributed by atoms with Gasteiger partial charge in [-0.05, 0) is 22.0 Å². The molecule has 0 bridgehead atoms. The van der Waals surface area contributed by atoms with Crippen LogP contribution in [0.3, 0.4) is 0 Å². The van der Waals surface area contributed by atoms with Gasteiger partial charge >= 0.3 is 0 Å². The fourth-order valence-electron chi connectivity index (χ4n) is 4.77. The van der Waals surface area contributed by atoms with E-state index < -0.39 is 8.32 Å². The Labute approximate surface area is 194 Å². The monoisotopic (exact) mass is 444 g/mol. The van der Waals surface area contributed by atoms with Crippen molar-refractivity contribution in [2.24, 2.45) is 0 Å². The van der Waals surface area contributed by atoms with Gasteiger partial charge in [0.25, 0.3) is 8.32 Å². The van der Waals surface area contributed by atoms with Crippen LogP contribution < -0.4 is 15.7 Å². The lowest BCUT2D eigenvalue weighted by Crippen LogP contribution is -2.63. The van der Waals surface area contributed by atoms with Crippen LogP contribution in [0.1, 0.15) is 25.3 Å². The number of hydrogen-bond acceptors (Lipinski definition) is 3. The fraction of sp³-hybridized carbons (Fsp3) is 0.357. The minimum absolute atomic E-state index is 0.355. The van der Waals surface area contributed by atoms with E-state index >= 15 is 0 Å². The topological polar surface area (TPSA) is 24.5 Å². The Bertz CT molecular complexity index is 880. The minimum atomic E-state index is -2.31. The third kappa shape index (κ3) is 5.76. The molecule has 168 valence electrons. The van der Waals surface area contributed by atoms with Gasteiger partial charge in [-0.2, -0.15) is 0 Å². The van der Waals surface area contributed by atoms with Gasteiger partial charge in [-0.15, -0.1) is 0 Å². The second-order valence-corrected chi connectivity index (χ2v) is 12.4. The molecule has 1 fully saturated rings. The van der Waals surface area contributed by atoms with E-state index in [1.54, 1.807) is 0 Å². The summed E-state index contributed by atoms with van der Waals surface area (Å²) in [7, 11) is -2.31. The summed E-state index contributed by atoms with van der Waals surface area (Å²) in [4.78, 5) is 2.56. The molecule has 1 unspecified atom stereocenters. The highest BCUT2D eigenvalue weighted by Crippen LogP contribution is 2.18. The molecule has 0 aliphatic carbocycles. The molecule has 1 heterocycles. The molecule has 0 amide bonds. The first-order valence-corrected chi connectivity index (χ1v) is 14.2. The lowest BCUT2D eigenvalue weighted by Gasteiger charge is -2.38. The Morgan fingerprint density at radius 1 is 0.875 bits per heavy atom. The van der Waals surface area contributed by atoms with Crippen molar-refractivity contribution in [3.05, 3.63) is 96.6 Å². The van der Waals surface area contributed by atoms with E-state index in [4.69, 9.17) is 4.43 Å². The van der Waals surface area contributed by atoms with Crippen molar-refractivity contribution in [2.45, 2.75) is 38.4 Å². The SMILES string of the molecule is CCCC[Si](OCC1CN(Cc2ccccc2)CCN1)(c1ccccc1)c1ccccc1. The van der Waals surface area contributed by atoms with Crippen LogP contribution in [0.25, 0.3) is 0 Å². The first-order chi connectivity index (χ1) is 15.8. The second-order valence-electron chi connectivity index (χ2n) is 8.85. The predicted molar refractivity (Wildman–Crippen MR) is 137 cm³/mol. The van der Waals surface area contributed by atoms with Crippen LogP contribution in [0.15, 0.2) is 91.0 Å². The zero-order valence-electron chi connectivity index (χ0n) is 19.2. The van der Waals surface area contributed by atoms with E-state index in [0.717, 1.165) is 38.8 Å². The van der Waals surface area contributed by atoms with Crippen molar-refractivity contribution in [3.63, 3.8) is 0 Å². The first kappa shape index (κ1) is 22.9. The van der Waals surface area contributed by atoms with E-state index in [2.05, 4.69) is 108 Å². The minimum Gasteiger partial charge on any atom is -0.406 e. The highest BCUT2D eigenvalue weighted by molar-refractivity contribution is 6.97. The molecule has 3 nitrogen and oxygen atoms in total. The zero-order valence-corrected chi connectivity index (χ0v) is 20.2. The van der Waals surface area contributed by atoms with Gasteiger partial charge in [0.15, 0.2) is 0 Å². The summed E-state index contributed by atoms with van der Waals surface area (Å²) in [6.07, 6.45) is 2.37. The molecule has 32 heavy (non-hydrogen) atoms. The largest absolute Gasteiger partial charge is 0.406 e. The van der Waals surface area contributed by atoms with Gasteiger partial charge in [-0.1, -0.05) is 111 Å². The Kier molecular flexibility index (Phi) is 8.29. The molecular weight excluding hydrogens is 408 g/mol. The average Bonchev–Trinajstić information content (AvgIpc) is 2.86. The number of hydrogen-bond donors (Lipinski definition) is 1. The Balaban J connectivity index is 1.52. The molecule has 3 aromatic rings. The molecular formula is C28H36N2OSi. The van der Waals surface area contributed by atoms with Crippen molar-refractivity contribution < 1.29 is 4.43 Å². The quantitative estimate of drug-likeness (QED) is 0.478. The molecule has 4 heteroatoms. The number of nitrogens with zero attached hydrogens (tertiary/aromatic N) is 1. The molecule has 1 aliphatic heterocycles. The Morgan fingerprint density at radius 3 is 2.06 bits per heavy atom. The standard InChI is InChI=1S/C28H36N2OSi/c1-2-3-21-32(27-15-9-5-10-16-27,28-17-11-6-12-18-28)31-24-26-23-30(20-19-29-26)22-25-13-7-4-8-14-25/h4-18,26,29H,2-3,19-24H2,1H3. The van der Waals surface area contributed by atoms with Crippen molar-refractivity contribution in [3.8, 4) is 0 Å². The van der Waals surface area contributed by atoms with Crippen LogP contribution in [0.5, 0.6) is 0 Å². The zero-order chi connectivity index (χ0) is 22.1. The molecule has 0 saturated carbocycles. The lowest BCUT2D eigenvalue weighted by atomic mass is 10.1. The van der Waals surface area contributed by atoms with Crippen LogP contribution >= 0.6 is 0 Å². The van der Waals surface area contributed by atoms with Gasteiger partial charge in [-0.25, -0.2) is 0 Å². The van der Waals surface area contributed by atoms with E-state index in [0.29, 0.717) is 6.04 Å². The summed E-state index contributed by atoms with van der Waals surface area (Å²) in [5, 5.41) is 6.49. The highest BCUT2D eigenvalue weighted by Gasteiger charge is 2.39. The van der Waals surface area contributed by atoms with Gasteiger partial charge in [0.1, 0.15) is 0 Å². The summed E-state index contributed by atoms with van der Waals surface area (Å²) in [5.41, 5.74) is 1.38. The third-order valence-corrected chi connectivity index (χ3v) is 10.7. The number of piperazine rings is 1. The normalized spacial score (nSPS) is 17.3. The number of nitrogens with one attached hydrogen (secondary N) is 1. The molecule has 0 spiro atoms. The lowest BCUT2D eigenvalue weighted by molar-refractivity contribution is 0.151. The summed E-state index contributed by atoms with van der Waals surface area (Å²) < 4.78 is 7.09. The van der Waals surface area contributed by atoms with E-state index in [1.807, 2.05) is 0 Å². The summed E-state index contributed by atoms with van der Waals surface area (Å²) >= 11 is 0. The molecule has 4 rings (SSSR count). The van der Waals surface area contributed by atoms with E-state index in [9.17, 15) is 0 Å². The molecule has 1 atom stereocenters. The number of benzene rings is 3. The van der Waals surface area contributed by atoms with Crippen molar-refractivity contribution in [1.29, 1.82) is 0 Å². The summed E-state index contributed by atoms with van der Waals surface area (Å²) in [6, 6.07) is 34.3. The Hall–Kier alpha value is -2.24.